The van der Waals surface area contributed by atoms with Crippen LogP contribution in [0.15, 0.2) is 12.1 Å². The molecule has 1 aromatic carbocycles. The molecule has 3 rings (SSSR count). The number of aromatic nitrogens is 2. The van der Waals surface area contributed by atoms with E-state index in [1.54, 1.807) is 0 Å². The molecular weight excluding hydrogens is 340 g/mol. The number of hydrogen-bond acceptors (Lipinski definition) is 6. The Morgan fingerprint density at radius 1 is 1.20 bits per heavy atom. The summed E-state index contributed by atoms with van der Waals surface area (Å²) in [5, 5.41) is 21.7. The normalized spacial score (nSPS) is 12.6. The van der Waals surface area contributed by atoms with Gasteiger partial charge in [0.25, 0.3) is 0 Å². The second-order valence-corrected chi connectivity index (χ2v) is 6.03. The predicted molar refractivity (Wildman–Crippen MR) is 95.3 cm³/mol. The van der Waals surface area contributed by atoms with Gasteiger partial charge in [0, 0.05) is 6.54 Å². The summed E-state index contributed by atoms with van der Waals surface area (Å²) in [5.41, 5.74) is 3.28. The summed E-state index contributed by atoms with van der Waals surface area (Å²) in [4.78, 5) is 0. The highest BCUT2D eigenvalue weighted by Gasteiger charge is 2.18. The number of hydrogen-bond donors (Lipinski definition) is 1. The molecule has 0 bridgehead atoms. The molecule has 0 fully saturated rings. The quantitative estimate of drug-likeness (QED) is 0.881. The maximum Gasteiger partial charge on any atom is 0.179 e. The monoisotopic (exact) mass is 358 g/mol. The fourth-order valence-corrected chi connectivity index (χ4v) is 3.16. The molecule has 0 atom stereocenters. The van der Waals surface area contributed by atoms with E-state index in [1.165, 1.54) is 0 Å². The minimum absolute atomic E-state index is 0.453. The lowest BCUT2D eigenvalue weighted by molar-refractivity contribution is 0.171. The molecule has 0 radical (unpaired) electrons. The second kappa shape index (κ2) is 7.58. The van der Waals surface area contributed by atoms with Crippen LogP contribution < -0.4 is 14.8 Å². The zero-order valence-electron chi connectivity index (χ0n) is 14.2. The molecule has 1 N–H and O–H groups in total. The van der Waals surface area contributed by atoms with Gasteiger partial charge in [0.15, 0.2) is 17.3 Å². The first-order valence-electron chi connectivity index (χ1n) is 8.28. The first-order chi connectivity index (χ1) is 12.2. The zero-order chi connectivity index (χ0) is 17.8. The second-order valence-electron chi connectivity index (χ2n) is 5.62. The number of ether oxygens (including phenoxy) is 2. The summed E-state index contributed by atoms with van der Waals surface area (Å²) in [6.45, 7) is 5.47. The van der Waals surface area contributed by atoms with Crippen molar-refractivity contribution < 1.29 is 9.47 Å². The van der Waals surface area contributed by atoms with Crippen molar-refractivity contribution in [1.29, 1.82) is 5.26 Å². The smallest absolute Gasteiger partial charge is 0.179 e. The number of nitrogens with zero attached hydrogens (tertiary/aromatic N) is 3. The summed E-state index contributed by atoms with van der Waals surface area (Å²) in [6.07, 6.45) is 1.50. The van der Waals surface area contributed by atoms with E-state index in [0.29, 0.717) is 47.7 Å². The molecule has 130 valence electrons. The number of nitrogens with one attached hydrogen (secondary N) is 1. The van der Waals surface area contributed by atoms with Crippen LogP contribution in [0.1, 0.15) is 36.2 Å². The molecule has 0 unspecified atom stereocenters. The average Bonchev–Trinajstić information content (AvgIpc) is 2.65. The third-order valence-corrected chi connectivity index (χ3v) is 4.36. The van der Waals surface area contributed by atoms with Crippen molar-refractivity contribution in [2.45, 2.75) is 33.2 Å². The first kappa shape index (κ1) is 17.3. The van der Waals surface area contributed by atoms with E-state index < -0.39 is 0 Å². The van der Waals surface area contributed by atoms with Crippen molar-refractivity contribution in [3.63, 3.8) is 0 Å². The molecule has 7 heteroatoms. The lowest BCUT2D eigenvalue weighted by Crippen LogP contribution is -2.16. The van der Waals surface area contributed by atoms with E-state index in [9.17, 15) is 5.26 Å². The standard InChI is InChI=1S/C18H19ClN4O2/c1-3-12-13(9-20)18(23-22-15(12)4-2)21-10-11-7-14(19)17-16(8-11)24-5-6-25-17/h7-8H,3-6,10H2,1-2H3,(H,21,23). The zero-order valence-corrected chi connectivity index (χ0v) is 15.0. The number of fused-ring (bicyclic) bond motifs is 1. The Labute approximate surface area is 151 Å². The lowest BCUT2D eigenvalue weighted by Gasteiger charge is -2.20. The minimum Gasteiger partial charge on any atom is -0.486 e. The van der Waals surface area contributed by atoms with Crippen LogP contribution in [0.2, 0.25) is 5.02 Å². The van der Waals surface area contributed by atoms with Crippen LogP contribution in [-0.2, 0) is 19.4 Å². The highest BCUT2D eigenvalue weighted by atomic mass is 35.5. The topological polar surface area (TPSA) is 80.1 Å². The van der Waals surface area contributed by atoms with E-state index in [-0.39, 0.29) is 0 Å². The van der Waals surface area contributed by atoms with Crippen LogP contribution in [0.4, 0.5) is 5.82 Å². The molecule has 0 amide bonds. The Kier molecular flexibility index (Phi) is 5.25. The van der Waals surface area contributed by atoms with E-state index in [2.05, 4.69) is 21.6 Å². The van der Waals surface area contributed by atoms with Gasteiger partial charge in [-0.15, -0.1) is 5.10 Å². The van der Waals surface area contributed by atoms with Gasteiger partial charge in [-0.05, 0) is 36.1 Å². The fraction of sp³-hybridized carbons (Fsp3) is 0.389. The van der Waals surface area contributed by atoms with Crippen molar-refractivity contribution in [3.05, 3.63) is 39.5 Å². The summed E-state index contributed by atoms with van der Waals surface area (Å²) in [7, 11) is 0. The minimum atomic E-state index is 0.453. The SMILES string of the molecule is CCc1nnc(NCc2cc(Cl)c3c(c2)OCCO3)c(C#N)c1CC. The van der Waals surface area contributed by atoms with Gasteiger partial charge >= 0.3 is 0 Å². The highest BCUT2D eigenvalue weighted by molar-refractivity contribution is 6.32. The Morgan fingerprint density at radius 3 is 2.72 bits per heavy atom. The molecule has 2 aromatic rings. The van der Waals surface area contributed by atoms with Crippen LogP contribution in [0, 0.1) is 11.3 Å². The summed E-state index contributed by atoms with van der Waals surface area (Å²) >= 11 is 6.26. The fourth-order valence-electron chi connectivity index (χ4n) is 2.87. The van der Waals surface area contributed by atoms with Gasteiger partial charge in [-0.3, -0.25) is 0 Å². The van der Waals surface area contributed by atoms with Crippen LogP contribution in [0.5, 0.6) is 11.5 Å². The van der Waals surface area contributed by atoms with Crippen molar-refractivity contribution in [2.75, 3.05) is 18.5 Å². The maximum atomic E-state index is 9.53. The summed E-state index contributed by atoms with van der Waals surface area (Å²) in [5.74, 6) is 1.70. The van der Waals surface area contributed by atoms with Crippen molar-refractivity contribution in [3.8, 4) is 17.6 Å². The third-order valence-electron chi connectivity index (χ3n) is 4.07. The van der Waals surface area contributed by atoms with Crippen LogP contribution in [0.25, 0.3) is 0 Å². The highest BCUT2D eigenvalue weighted by Crippen LogP contribution is 2.38. The molecule has 6 nitrogen and oxygen atoms in total. The molecular formula is C18H19ClN4O2. The van der Waals surface area contributed by atoms with Gasteiger partial charge in [0.2, 0.25) is 0 Å². The third kappa shape index (κ3) is 3.47. The average molecular weight is 359 g/mol. The molecule has 25 heavy (non-hydrogen) atoms. The molecule has 0 aliphatic carbocycles. The first-order valence-corrected chi connectivity index (χ1v) is 8.66. The molecule has 1 aliphatic heterocycles. The van der Waals surface area contributed by atoms with Gasteiger partial charge in [0.1, 0.15) is 24.8 Å². The number of nitriles is 1. The van der Waals surface area contributed by atoms with Gasteiger partial charge in [-0.1, -0.05) is 25.4 Å². The van der Waals surface area contributed by atoms with Crippen molar-refractivity contribution >= 4 is 17.4 Å². The Bertz CT molecular complexity index is 833. The molecule has 1 aromatic heterocycles. The number of benzene rings is 1. The van der Waals surface area contributed by atoms with Crippen LogP contribution in [0.3, 0.4) is 0 Å². The Balaban J connectivity index is 1.85. The number of aryl methyl sites for hydroxylation is 1. The van der Waals surface area contributed by atoms with Crippen LogP contribution >= 0.6 is 11.6 Å². The predicted octanol–water partition coefficient (Wildman–Crippen LogP) is 3.51. The van der Waals surface area contributed by atoms with E-state index >= 15 is 0 Å². The molecule has 0 saturated heterocycles. The number of halogens is 1. The number of anilines is 1. The number of rotatable bonds is 5. The van der Waals surface area contributed by atoms with Crippen molar-refractivity contribution in [1.82, 2.24) is 10.2 Å². The summed E-state index contributed by atoms with van der Waals surface area (Å²) in [6, 6.07) is 5.96. The molecule has 1 aliphatic rings. The van der Waals surface area contributed by atoms with Crippen LogP contribution in [-0.4, -0.2) is 23.4 Å². The van der Waals surface area contributed by atoms with Gasteiger partial charge in [-0.2, -0.15) is 10.4 Å². The van der Waals surface area contributed by atoms with Crippen molar-refractivity contribution in [2.24, 2.45) is 0 Å². The maximum absolute atomic E-state index is 9.53. The molecule has 0 spiro atoms. The Morgan fingerprint density at radius 2 is 2.00 bits per heavy atom. The Hall–Kier alpha value is -2.52. The van der Waals surface area contributed by atoms with Gasteiger partial charge in [0.05, 0.1) is 10.7 Å². The molecule has 2 heterocycles. The van der Waals surface area contributed by atoms with E-state index in [4.69, 9.17) is 21.1 Å². The lowest BCUT2D eigenvalue weighted by atomic mass is 10.0. The van der Waals surface area contributed by atoms with E-state index in [0.717, 1.165) is 29.7 Å². The van der Waals surface area contributed by atoms with Gasteiger partial charge < -0.3 is 14.8 Å². The largest absolute Gasteiger partial charge is 0.486 e. The summed E-state index contributed by atoms with van der Waals surface area (Å²) < 4.78 is 11.1. The van der Waals surface area contributed by atoms with E-state index in [1.807, 2.05) is 26.0 Å². The van der Waals surface area contributed by atoms with Gasteiger partial charge in [-0.25, -0.2) is 0 Å². The molecule has 0 saturated carbocycles.